The first kappa shape index (κ1) is 19.8. The first-order valence-electron chi connectivity index (χ1n) is 9.55. The van der Waals surface area contributed by atoms with Crippen molar-refractivity contribution in [2.45, 2.75) is 31.7 Å². The second-order valence-corrected chi connectivity index (χ2v) is 7.67. The first-order valence-corrected chi connectivity index (χ1v) is 9.55. The van der Waals surface area contributed by atoms with Crippen LogP contribution in [-0.2, 0) is 13.0 Å². The Bertz CT molecular complexity index is 902. The number of aromatic nitrogens is 1. The van der Waals surface area contributed by atoms with Crippen LogP contribution in [0.25, 0.3) is 10.9 Å². The fourth-order valence-electron chi connectivity index (χ4n) is 4.49. The van der Waals surface area contributed by atoms with E-state index in [1.807, 2.05) is 0 Å². The van der Waals surface area contributed by atoms with Gasteiger partial charge in [-0.25, -0.2) is 0 Å². The number of nitrogens with zero attached hydrogens (tertiary/aromatic N) is 2. The third-order valence-electron chi connectivity index (χ3n) is 5.56. The smallest absolute Gasteiger partial charge is 0.119 e. The molecule has 2 aromatic carbocycles. The predicted octanol–water partition coefficient (Wildman–Crippen LogP) is 5.10. The molecule has 27 heavy (non-hydrogen) atoms. The largest absolute Gasteiger partial charge is 0.497 e. The van der Waals surface area contributed by atoms with E-state index < -0.39 is 0 Å². The van der Waals surface area contributed by atoms with E-state index in [-0.39, 0.29) is 12.4 Å². The zero-order valence-corrected chi connectivity index (χ0v) is 17.3. The summed E-state index contributed by atoms with van der Waals surface area (Å²) >= 11 is 0. The molecule has 0 saturated heterocycles. The second kappa shape index (κ2) is 8.37. The van der Waals surface area contributed by atoms with E-state index in [4.69, 9.17) is 4.74 Å². The highest BCUT2D eigenvalue weighted by Gasteiger charge is 2.28. The fraction of sp³-hybridized carbons (Fsp3) is 0.391. The van der Waals surface area contributed by atoms with Crippen LogP contribution in [0, 0.1) is 0 Å². The van der Waals surface area contributed by atoms with E-state index in [2.05, 4.69) is 72.1 Å². The van der Waals surface area contributed by atoms with Gasteiger partial charge in [0, 0.05) is 29.7 Å². The molecular formula is C23H29ClN2O. The van der Waals surface area contributed by atoms with Gasteiger partial charge in [0.25, 0.3) is 0 Å². The fourth-order valence-corrected chi connectivity index (χ4v) is 4.49. The van der Waals surface area contributed by atoms with Crippen molar-refractivity contribution in [3.63, 3.8) is 0 Å². The zero-order valence-electron chi connectivity index (χ0n) is 16.4. The van der Waals surface area contributed by atoms with Crippen LogP contribution in [0.2, 0.25) is 0 Å². The SMILES string of the molecule is COc1ccc2c(c1)c1c(n2Cc2ccccc2)CCCC1CN(C)C.Cl. The summed E-state index contributed by atoms with van der Waals surface area (Å²) in [5.74, 6) is 1.55. The molecule has 1 aliphatic rings. The minimum atomic E-state index is 0. The minimum Gasteiger partial charge on any atom is -0.497 e. The molecule has 0 bridgehead atoms. The lowest BCUT2D eigenvalue weighted by molar-refractivity contribution is 0.351. The van der Waals surface area contributed by atoms with Crippen molar-refractivity contribution in [3.05, 3.63) is 65.4 Å². The maximum absolute atomic E-state index is 5.54. The predicted molar refractivity (Wildman–Crippen MR) is 116 cm³/mol. The van der Waals surface area contributed by atoms with Gasteiger partial charge in [0.2, 0.25) is 0 Å². The lowest BCUT2D eigenvalue weighted by atomic mass is 9.84. The summed E-state index contributed by atoms with van der Waals surface area (Å²) in [4.78, 5) is 2.32. The van der Waals surface area contributed by atoms with Crippen LogP contribution in [0.5, 0.6) is 5.75 Å². The molecule has 0 N–H and O–H groups in total. The summed E-state index contributed by atoms with van der Waals surface area (Å²) in [7, 11) is 6.11. The highest BCUT2D eigenvalue weighted by Crippen LogP contribution is 2.41. The molecule has 4 heteroatoms. The van der Waals surface area contributed by atoms with Crippen molar-refractivity contribution < 1.29 is 4.74 Å². The summed E-state index contributed by atoms with van der Waals surface area (Å²) in [5, 5.41) is 1.38. The molecule has 0 aliphatic heterocycles. The van der Waals surface area contributed by atoms with Crippen LogP contribution in [0.15, 0.2) is 48.5 Å². The highest BCUT2D eigenvalue weighted by atomic mass is 35.5. The molecule has 0 radical (unpaired) electrons. The topological polar surface area (TPSA) is 17.4 Å². The van der Waals surface area contributed by atoms with E-state index in [9.17, 15) is 0 Å². The van der Waals surface area contributed by atoms with Crippen molar-refractivity contribution in [2.24, 2.45) is 0 Å². The van der Waals surface area contributed by atoms with Gasteiger partial charge in [0.15, 0.2) is 0 Å². The quantitative estimate of drug-likeness (QED) is 0.608. The average molecular weight is 385 g/mol. The Balaban J connectivity index is 0.00000210. The summed E-state index contributed by atoms with van der Waals surface area (Å²) in [6.45, 7) is 2.04. The van der Waals surface area contributed by atoms with Gasteiger partial charge in [-0.05, 0) is 68.6 Å². The van der Waals surface area contributed by atoms with Crippen molar-refractivity contribution in [1.82, 2.24) is 9.47 Å². The third-order valence-corrected chi connectivity index (χ3v) is 5.56. The van der Waals surface area contributed by atoms with Crippen LogP contribution in [0.4, 0.5) is 0 Å². The molecule has 0 spiro atoms. The number of rotatable bonds is 5. The Morgan fingerprint density at radius 2 is 1.89 bits per heavy atom. The van der Waals surface area contributed by atoms with Crippen LogP contribution in [-0.4, -0.2) is 37.2 Å². The van der Waals surface area contributed by atoms with E-state index in [0.717, 1.165) is 18.8 Å². The Labute approximate surface area is 168 Å². The van der Waals surface area contributed by atoms with E-state index in [1.54, 1.807) is 12.7 Å². The molecule has 0 fully saturated rings. The molecule has 1 unspecified atom stereocenters. The van der Waals surface area contributed by atoms with E-state index >= 15 is 0 Å². The Morgan fingerprint density at radius 1 is 1.11 bits per heavy atom. The van der Waals surface area contributed by atoms with Gasteiger partial charge in [-0.15, -0.1) is 12.4 Å². The van der Waals surface area contributed by atoms with Crippen LogP contribution >= 0.6 is 12.4 Å². The normalized spacial score (nSPS) is 16.2. The average Bonchev–Trinajstić information content (AvgIpc) is 2.96. The molecule has 1 aliphatic carbocycles. The molecule has 1 heterocycles. The van der Waals surface area contributed by atoms with Crippen LogP contribution < -0.4 is 4.74 Å². The molecule has 0 saturated carbocycles. The van der Waals surface area contributed by atoms with Gasteiger partial charge in [0.05, 0.1) is 7.11 Å². The zero-order chi connectivity index (χ0) is 18.1. The number of hydrogen-bond donors (Lipinski definition) is 0. The molecule has 1 atom stereocenters. The van der Waals surface area contributed by atoms with Gasteiger partial charge >= 0.3 is 0 Å². The minimum absolute atomic E-state index is 0. The second-order valence-electron chi connectivity index (χ2n) is 7.67. The number of likely N-dealkylation sites (N-methyl/N-ethyl adjacent to an activating group) is 1. The number of fused-ring (bicyclic) bond motifs is 3. The number of hydrogen-bond acceptors (Lipinski definition) is 2. The van der Waals surface area contributed by atoms with E-state index in [0.29, 0.717) is 5.92 Å². The Hall–Kier alpha value is -1.97. The molecule has 3 aromatic rings. The van der Waals surface area contributed by atoms with Gasteiger partial charge in [-0.3, -0.25) is 0 Å². The molecule has 144 valence electrons. The van der Waals surface area contributed by atoms with Gasteiger partial charge in [-0.1, -0.05) is 30.3 Å². The Morgan fingerprint density at radius 3 is 2.59 bits per heavy atom. The standard InChI is InChI=1S/C23H28N2O.ClH/c1-24(2)16-18-10-7-11-22-23(18)20-14-19(26-3)12-13-21(20)25(22)15-17-8-5-4-6-9-17;/h4-6,8-9,12-14,18H,7,10-11,15-16H2,1-3H3;1H. The number of benzene rings is 2. The summed E-state index contributed by atoms with van der Waals surface area (Å²) in [6.07, 6.45) is 3.71. The maximum Gasteiger partial charge on any atom is 0.119 e. The summed E-state index contributed by atoms with van der Waals surface area (Å²) < 4.78 is 8.08. The summed E-state index contributed by atoms with van der Waals surface area (Å²) in [6, 6.07) is 17.4. The maximum atomic E-state index is 5.54. The van der Waals surface area contributed by atoms with Crippen molar-refractivity contribution in [2.75, 3.05) is 27.7 Å². The highest BCUT2D eigenvalue weighted by molar-refractivity contribution is 5.88. The van der Waals surface area contributed by atoms with Crippen LogP contribution in [0.1, 0.15) is 35.6 Å². The van der Waals surface area contributed by atoms with Crippen molar-refractivity contribution in [1.29, 1.82) is 0 Å². The molecule has 1 aromatic heterocycles. The van der Waals surface area contributed by atoms with Gasteiger partial charge < -0.3 is 14.2 Å². The van der Waals surface area contributed by atoms with Crippen molar-refractivity contribution >= 4 is 23.3 Å². The van der Waals surface area contributed by atoms with E-state index in [1.165, 1.54) is 41.4 Å². The molecule has 3 nitrogen and oxygen atoms in total. The van der Waals surface area contributed by atoms with Crippen molar-refractivity contribution in [3.8, 4) is 5.75 Å². The lowest BCUT2D eigenvalue weighted by Crippen LogP contribution is -2.24. The first-order chi connectivity index (χ1) is 12.7. The molecule has 0 amide bonds. The number of halogens is 1. The number of methoxy groups -OCH3 is 1. The third kappa shape index (κ3) is 3.85. The lowest BCUT2D eigenvalue weighted by Gasteiger charge is -2.27. The Kier molecular flexibility index (Phi) is 6.13. The molecule has 4 rings (SSSR count). The summed E-state index contributed by atoms with van der Waals surface area (Å²) in [5.41, 5.74) is 5.77. The van der Waals surface area contributed by atoms with Gasteiger partial charge in [-0.2, -0.15) is 0 Å². The number of ether oxygens (including phenoxy) is 1. The van der Waals surface area contributed by atoms with Gasteiger partial charge in [0.1, 0.15) is 5.75 Å². The van der Waals surface area contributed by atoms with Crippen LogP contribution in [0.3, 0.4) is 0 Å². The molecular weight excluding hydrogens is 356 g/mol. The monoisotopic (exact) mass is 384 g/mol.